The Hall–Kier alpha value is -4.67. The molecule has 1 saturated carbocycles. The largest absolute Gasteiger partial charge is 0.453 e. The number of nitrogens with zero attached hydrogens (tertiary/aromatic N) is 2. The van der Waals surface area contributed by atoms with Gasteiger partial charge in [-0.2, -0.15) is 0 Å². The fraction of sp³-hybridized carbons (Fsp3) is 0.500. The third kappa shape index (κ3) is 8.32. The molecule has 1 aliphatic heterocycles. The van der Waals surface area contributed by atoms with E-state index in [2.05, 4.69) is 44.5 Å². The van der Waals surface area contributed by atoms with Crippen LogP contribution in [0.3, 0.4) is 0 Å². The average molecular weight is 671 g/mol. The fourth-order valence-corrected chi connectivity index (χ4v) is 6.72. The van der Waals surface area contributed by atoms with Gasteiger partial charge in [-0.25, -0.2) is 9.78 Å². The molecule has 3 aromatic rings. The summed E-state index contributed by atoms with van der Waals surface area (Å²) in [6, 6.07) is 14.5. The van der Waals surface area contributed by atoms with Crippen molar-refractivity contribution in [1.82, 2.24) is 30.8 Å². The van der Waals surface area contributed by atoms with Crippen LogP contribution in [0.4, 0.5) is 4.79 Å². The van der Waals surface area contributed by atoms with Crippen molar-refractivity contribution in [2.24, 2.45) is 17.8 Å². The average Bonchev–Trinajstić information content (AvgIpc) is 3.88. The summed E-state index contributed by atoms with van der Waals surface area (Å²) in [6.45, 7) is 10.6. The predicted octanol–water partition coefficient (Wildman–Crippen LogP) is 5.85. The lowest BCUT2D eigenvalue weighted by molar-refractivity contribution is -0.137. The molecule has 262 valence electrons. The number of aromatic amines is 1. The molecule has 1 aliphatic carbocycles. The van der Waals surface area contributed by atoms with Crippen LogP contribution in [0.15, 0.2) is 54.7 Å². The lowest BCUT2D eigenvalue weighted by Crippen LogP contribution is -2.55. The summed E-state index contributed by atoms with van der Waals surface area (Å²) < 4.78 is 4.67. The van der Waals surface area contributed by atoms with E-state index in [9.17, 15) is 19.2 Å². The first-order valence-electron chi connectivity index (χ1n) is 17.5. The normalized spacial score (nSPS) is 20.2. The summed E-state index contributed by atoms with van der Waals surface area (Å²) in [4.78, 5) is 61.2. The maximum Gasteiger partial charge on any atom is 0.407 e. The van der Waals surface area contributed by atoms with Crippen LogP contribution in [-0.4, -0.2) is 70.5 Å². The van der Waals surface area contributed by atoms with E-state index < -0.39 is 12.1 Å². The van der Waals surface area contributed by atoms with Gasteiger partial charge in [0.15, 0.2) is 0 Å². The zero-order valence-corrected chi connectivity index (χ0v) is 29.4. The van der Waals surface area contributed by atoms with Gasteiger partial charge in [0, 0.05) is 30.1 Å². The smallest absolute Gasteiger partial charge is 0.407 e. The number of carbonyl (C=O) groups excluding carboxylic acids is 4. The van der Waals surface area contributed by atoms with Gasteiger partial charge in [0.2, 0.25) is 11.8 Å². The van der Waals surface area contributed by atoms with Gasteiger partial charge in [-0.15, -0.1) is 0 Å². The number of carbonyl (C=O) groups is 4. The number of aromatic nitrogens is 2. The van der Waals surface area contributed by atoms with Gasteiger partial charge in [-0.1, -0.05) is 71.0 Å². The first-order valence-corrected chi connectivity index (χ1v) is 17.5. The van der Waals surface area contributed by atoms with E-state index in [-0.39, 0.29) is 47.7 Å². The molecule has 4 N–H and O–H groups in total. The van der Waals surface area contributed by atoms with Crippen LogP contribution in [0.2, 0.25) is 0 Å². The Balaban J connectivity index is 1.18. The molecular weight excluding hydrogens is 620 g/mol. The molecule has 0 radical (unpaired) electrons. The van der Waals surface area contributed by atoms with Gasteiger partial charge in [0.1, 0.15) is 11.9 Å². The number of benzene rings is 2. The molecule has 4 amide bonds. The third-order valence-corrected chi connectivity index (χ3v) is 10.1. The van der Waals surface area contributed by atoms with E-state index in [1.807, 2.05) is 80.4 Å². The maximum absolute atomic E-state index is 13.2. The summed E-state index contributed by atoms with van der Waals surface area (Å²) in [5.41, 5.74) is 4.45. The Morgan fingerprint density at radius 3 is 2.04 bits per heavy atom. The van der Waals surface area contributed by atoms with Crippen LogP contribution < -0.4 is 16.0 Å². The second-order valence-corrected chi connectivity index (χ2v) is 14.0. The zero-order chi connectivity index (χ0) is 35.2. The first kappa shape index (κ1) is 35.6. The van der Waals surface area contributed by atoms with Crippen molar-refractivity contribution >= 4 is 23.8 Å². The Morgan fingerprint density at radius 2 is 1.43 bits per heavy atom. The van der Waals surface area contributed by atoms with Gasteiger partial charge in [-0.05, 0) is 72.8 Å². The van der Waals surface area contributed by atoms with Crippen LogP contribution in [0, 0.1) is 17.8 Å². The van der Waals surface area contributed by atoms with Crippen LogP contribution >= 0.6 is 0 Å². The number of hydrogen-bond donors (Lipinski definition) is 4. The van der Waals surface area contributed by atoms with E-state index in [1.54, 1.807) is 0 Å². The van der Waals surface area contributed by atoms with Gasteiger partial charge < -0.3 is 30.6 Å². The second-order valence-electron chi connectivity index (χ2n) is 14.0. The minimum atomic E-state index is -0.735. The molecule has 11 nitrogen and oxygen atoms in total. The highest BCUT2D eigenvalue weighted by Gasteiger charge is 2.35. The number of amides is 4. The van der Waals surface area contributed by atoms with E-state index in [0.717, 1.165) is 66.9 Å². The highest BCUT2D eigenvalue weighted by atomic mass is 16.5. The molecule has 5 atom stereocenters. The van der Waals surface area contributed by atoms with Crippen molar-refractivity contribution in [3.05, 3.63) is 66.1 Å². The molecule has 2 aliphatic rings. The van der Waals surface area contributed by atoms with Crippen molar-refractivity contribution < 1.29 is 23.9 Å². The van der Waals surface area contributed by atoms with Gasteiger partial charge in [0.25, 0.3) is 5.91 Å². The van der Waals surface area contributed by atoms with Crippen molar-refractivity contribution in [3.8, 4) is 22.4 Å². The summed E-state index contributed by atoms with van der Waals surface area (Å²) in [6.07, 6.45) is 5.43. The van der Waals surface area contributed by atoms with Crippen molar-refractivity contribution in [2.75, 3.05) is 13.7 Å². The summed E-state index contributed by atoms with van der Waals surface area (Å²) >= 11 is 0. The number of methoxy groups -OCH3 is 1. The lowest BCUT2D eigenvalue weighted by Gasteiger charge is -2.27. The van der Waals surface area contributed by atoms with Gasteiger partial charge in [-0.3, -0.25) is 14.4 Å². The number of H-pyrrole nitrogens is 1. The molecule has 1 saturated heterocycles. The minimum absolute atomic E-state index is 0.0212. The summed E-state index contributed by atoms with van der Waals surface area (Å²) in [5.74, 6) is 0.674. The molecule has 5 rings (SSSR count). The van der Waals surface area contributed by atoms with Crippen LogP contribution in [0.5, 0.6) is 0 Å². The highest BCUT2D eigenvalue weighted by Crippen LogP contribution is 2.34. The van der Waals surface area contributed by atoms with E-state index in [0.29, 0.717) is 11.5 Å². The monoisotopic (exact) mass is 670 g/mol. The topological polar surface area (TPSA) is 146 Å². The number of nitrogens with one attached hydrogen (secondary N) is 4. The Morgan fingerprint density at radius 1 is 0.816 bits per heavy atom. The summed E-state index contributed by atoms with van der Waals surface area (Å²) in [7, 11) is 1.26. The first-order chi connectivity index (χ1) is 23.5. The van der Waals surface area contributed by atoms with Crippen molar-refractivity contribution in [3.63, 3.8) is 0 Å². The van der Waals surface area contributed by atoms with Crippen LogP contribution in [-0.2, 0) is 14.3 Å². The number of ether oxygens (including phenoxy) is 1. The number of hydrogen-bond acceptors (Lipinski definition) is 6. The molecule has 2 heterocycles. The lowest BCUT2D eigenvalue weighted by atomic mass is 9.96. The molecule has 1 aromatic heterocycles. The number of imidazole rings is 1. The quantitative estimate of drug-likeness (QED) is 0.202. The van der Waals surface area contributed by atoms with Gasteiger partial charge in [0.05, 0.1) is 25.0 Å². The minimum Gasteiger partial charge on any atom is -0.453 e. The van der Waals surface area contributed by atoms with E-state index in [4.69, 9.17) is 0 Å². The Kier molecular flexibility index (Phi) is 11.4. The molecule has 0 bridgehead atoms. The van der Waals surface area contributed by atoms with Crippen molar-refractivity contribution in [1.29, 1.82) is 0 Å². The van der Waals surface area contributed by atoms with Gasteiger partial charge >= 0.3 is 6.09 Å². The predicted molar refractivity (Wildman–Crippen MR) is 188 cm³/mol. The summed E-state index contributed by atoms with van der Waals surface area (Å²) in [5, 5.41) is 8.72. The molecule has 0 unspecified atom stereocenters. The number of rotatable bonds is 11. The third-order valence-electron chi connectivity index (χ3n) is 10.1. The molecule has 11 heteroatoms. The fourth-order valence-electron chi connectivity index (χ4n) is 6.72. The van der Waals surface area contributed by atoms with Crippen molar-refractivity contribution in [2.45, 2.75) is 90.9 Å². The van der Waals surface area contributed by atoms with E-state index in [1.165, 1.54) is 7.11 Å². The highest BCUT2D eigenvalue weighted by molar-refractivity contribution is 5.95. The molecule has 2 fully saturated rings. The second kappa shape index (κ2) is 15.7. The molecular formula is C38H50N6O5. The standard InChI is InChI=1S/C38H50N6O5/c1-22(2)24(5)37(47)44-20-8-11-32(44)34-39-21-31(40-34)27-16-12-25(13-17-27)26-14-18-28(19-15-26)35(45)41-29-9-7-10-30(29)42-36(46)33(23(3)4)43-38(48)49-6/h12-19,21-24,29-30,32-33H,7-11,20H2,1-6H3,(H,39,40)(H,41,45)(H,42,46)(H,43,48)/t24-,29+,30+,32-,33-/m0/s1. The zero-order valence-electron chi connectivity index (χ0n) is 29.4. The van der Waals surface area contributed by atoms with E-state index >= 15 is 0 Å². The SMILES string of the molecule is COC(=O)N[C@H](C(=O)N[C@@H]1CCC[C@H]1NC(=O)c1ccc(-c2ccc(-c3cnc([C@@H]4CCCN4C(=O)[C@@H](C)C(C)C)[nH]3)cc2)cc1)C(C)C. The van der Waals surface area contributed by atoms with Crippen LogP contribution in [0.25, 0.3) is 22.4 Å². The molecule has 0 spiro atoms. The number of likely N-dealkylation sites (tertiary alicyclic amines) is 1. The molecule has 49 heavy (non-hydrogen) atoms. The maximum atomic E-state index is 13.2. The Bertz CT molecular complexity index is 1620. The van der Waals surface area contributed by atoms with Crippen LogP contribution in [0.1, 0.15) is 88.9 Å². The Labute approximate surface area is 289 Å². The molecule has 2 aromatic carbocycles. The number of alkyl carbamates (subject to hydrolysis) is 1.